The van der Waals surface area contributed by atoms with Crippen LogP contribution in [-0.4, -0.2) is 36.8 Å². The van der Waals surface area contributed by atoms with Crippen LogP contribution in [0.4, 0.5) is 0 Å². The number of nitrogens with zero attached hydrogens (tertiary/aromatic N) is 2. The van der Waals surface area contributed by atoms with E-state index in [1.54, 1.807) is 0 Å². The normalized spacial score (nSPS) is 17.8. The molecule has 2 aliphatic rings. The molecule has 6 nitrogen and oxygen atoms in total. The fourth-order valence-corrected chi connectivity index (χ4v) is 2.22. The Balaban J connectivity index is 1.39. The highest BCUT2D eigenvalue weighted by molar-refractivity contribution is 5.95. The van der Waals surface area contributed by atoms with Crippen LogP contribution in [-0.2, 0) is 19.1 Å². The third-order valence-electron chi connectivity index (χ3n) is 3.26. The van der Waals surface area contributed by atoms with Gasteiger partial charge in [-0.15, -0.1) is 0 Å². The summed E-state index contributed by atoms with van der Waals surface area (Å²) in [5, 5.41) is 0. The van der Waals surface area contributed by atoms with Crippen molar-refractivity contribution in [1.82, 2.24) is 0 Å². The topological polar surface area (TPSA) is 77.3 Å². The predicted octanol–water partition coefficient (Wildman–Crippen LogP) is 2.02. The molecule has 6 heteroatoms. The van der Waals surface area contributed by atoms with Crippen molar-refractivity contribution < 1.29 is 19.1 Å². The molecule has 0 aliphatic carbocycles. The average Bonchev–Trinajstić information content (AvgIpc) is 3.02. The van der Waals surface area contributed by atoms with Crippen LogP contribution in [0.3, 0.4) is 0 Å². The van der Waals surface area contributed by atoms with Gasteiger partial charge in [0.05, 0.1) is 0 Å². The Bertz CT molecular complexity index is 389. The molecule has 0 fully saturated rings. The molecule has 20 heavy (non-hydrogen) atoms. The third kappa shape index (κ3) is 5.11. The minimum atomic E-state index is -0.240. The molecule has 2 heterocycles. The smallest absolute Gasteiger partial charge is 0.334 e. The monoisotopic (exact) mass is 280 g/mol. The fraction of sp³-hybridized carbons (Fsp3) is 0.714. The second-order valence-electron chi connectivity index (χ2n) is 4.99. The molecule has 0 aromatic heterocycles. The summed E-state index contributed by atoms with van der Waals surface area (Å²) in [6.45, 7) is 0.369. The summed E-state index contributed by atoms with van der Waals surface area (Å²) in [6.07, 6.45) is 8.10. The first-order valence-electron chi connectivity index (χ1n) is 7.22. The van der Waals surface area contributed by atoms with E-state index in [0.29, 0.717) is 11.8 Å². The maximum Gasteiger partial charge on any atom is 0.334 e. The molecular formula is C14H20N2O4. The summed E-state index contributed by atoms with van der Waals surface area (Å²) in [6, 6.07) is 0. The predicted molar refractivity (Wildman–Crippen MR) is 73.7 cm³/mol. The second-order valence-corrected chi connectivity index (χ2v) is 4.99. The molecule has 0 bridgehead atoms. The van der Waals surface area contributed by atoms with Crippen molar-refractivity contribution in [1.29, 1.82) is 0 Å². The molecule has 2 aliphatic heterocycles. The number of unbranched alkanes of at least 4 members (excludes halogenated alkanes) is 5. The first-order chi connectivity index (χ1) is 9.74. The molecule has 0 saturated carbocycles. The number of ether oxygens (including phenoxy) is 2. The minimum absolute atomic E-state index is 0.184. The second kappa shape index (κ2) is 7.77. The Labute approximate surface area is 118 Å². The molecule has 0 radical (unpaired) electrons. The first kappa shape index (κ1) is 14.7. The van der Waals surface area contributed by atoms with Crippen molar-refractivity contribution in [3.05, 3.63) is 0 Å². The minimum Gasteiger partial charge on any atom is -0.411 e. The number of carbonyl (C=O) groups is 2. The van der Waals surface area contributed by atoms with Crippen LogP contribution in [0.25, 0.3) is 0 Å². The average molecular weight is 280 g/mol. The molecular weight excluding hydrogens is 260 g/mol. The summed E-state index contributed by atoms with van der Waals surface area (Å²) in [5.41, 5.74) is 0. The van der Waals surface area contributed by atoms with E-state index in [0.717, 1.165) is 51.4 Å². The number of carbonyl (C=O) groups excluding carboxylic acids is 2. The Hall–Kier alpha value is -1.72. The first-order valence-corrected chi connectivity index (χ1v) is 7.22. The van der Waals surface area contributed by atoms with Crippen molar-refractivity contribution in [2.75, 3.05) is 13.1 Å². The fourth-order valence-electron chi connectivity index (χ4n) is 2.22. The van der Waals surface area contributed by atoms with Gasteiger partial charge in [0, 0.05) is 12.8 Å². The van der Waals surface area contributed by atoms with Crippen LogP contribution >= 0.6 is 0 Å². The number of hydrogen-bond donors (Lipinski definition) is 0. The zero-order valence-electron chi connectivity index (χ0n) is 11.6. The standard InChI is InChI=1S/C14H20N2O4/c17-13-9-15-11(19-13)7-5-3-1-2-4-6-8-12-16-10-14(18)20-12/h1-10H2. The summed E-state index contributed by atoms with van der Waals surface area (Å²) < 4.78 is 9.86. The largest absolute Gasteiger partial charge is 0.411 e. The van der Waals surface area contributed by atoms with Crippen molar-refractivity contribution in [2.24, 2.45) is 9.98 Å². The van der Waals surface area contributed by atoms with Gasteiger partial charge in [-0.1, -0.05) is 25.7 Å². The van der Waals surface area contributed by atoms with Gasteiger partial charge in [-0.05, 0) is 12.8 Å². The molecule has 0 unspecified atom stereocenters. The molecule has 0 amide bonds. The molecule has 0 N–H and O–H groups in total. The molecule has 0 aromatic rings. The van der Waals surface area contributed by atoms with Gasteiger partial charge in [0.2, 0.25) is 0 Å². The van der Waals surface area contributed by atoms with E-state index in [4.69, 9.17) is 9.47 Å². The highest BCUT2D eigenvalue weighted by atomic mass is 16.6. The summed E-state index contributed by atoms with van der Waals surface area (Å²) in [5.74, 6) is 0.707. The number of aliphatic imine (C=N–C) groups is 2. The lowest BCUT2D eigenvalue weighted by Gasteiger charge is -2.02. The Morgan fingerprint density at radius 1 is 0.700 bits per heavy atom. The number of rotatable bonds is 9. The van der Waals surface area contributed by atoms with E-state index in [2.05, 4.69) is 9.98 Å². The van der Waals surface area contributed by atoms with Gasteiger partial charge in [0.15, 0.2) is 11.8 Å². The third-order valence-corrected chi connectivity index (χ3v) is 3.26. The molecule has 110 valence electrons. The maximum atomic E-state index is 10.8. The van der Waals surface area contributed by atoms with Gasteiger partial charge in [0.1, 0.15) is 13.1 Å². The van der Waals surface area contributed by atoms with Crippen LogP contribution in [0.2, 0.25) is 0 Å². The van der Waals surface area contributed by atoms with E-state index in [-0.39, 0.29) is 25.0 Å². The van der Waals surface area contributed by atoms with E-state index in [1.165, 1.54) is 0 Å². The van der Waals surface area contributed by atoms with Crippen molar-refractivity contribution in [2.45, 2.75) is 51.4 Å². The van der Waals surface area contributed by atoms with Gasteiger partial charge in [-0.3, -0.25) is 0 Å². The van der Waals surface area contributed by atoms with Gasteiger partial charge >= 0.3 is 11.9 Å². The molecule has 0 spiro atoms. The van der Waals surface area contributed by atoms with Crippen molar-refractivity contribution in [3.8, 4) is 0 Å². The summed E-state index contributed by atoms with van der Waals surface area (Å²) >= 11 is 0. The van der Waals surface area contributed by atoms with E-state index in [1.807, 2.05) is 0 Å². The Morgan fingerprint density at radius 2 is 1.10 bits per heavy atom. The number of cyclic esters (lactones) is 2. The molecule has 2 rings (SSSR count). The Kier molecular flexibility index (Phi) is 5.70. The quantitative estimate of drug-likeness (QED) is 0.478. The van der Waals surface area contributed by atoms with E-state index >= 15 is 0 Å². The molecule has 0 aromatic carbocycles. The number of hydrogen-bond acceptors (Lipinski definition) is 6. The lowest BCUT2D eigenvalue weighted by molar-refractivity contribution is -0.133. The lowest BCUT2D eigenvalue weighted by atomic mass is 10.1. The highest BCUT2D eigenvalue weighted by Crippen LogP contribution is 2.12. The zero-order chi connectivity index (χ0) is 14.2. The molecule has 0 atom stereocenters. The van der Waals surface area contributed by atoms with Gasteiger partial charge in [0.25, 0.3) is 0 Å². The SMILES string of the molecule is O=C1CN=C(CCCCCCCCC2=NCC(=O)O2)O1. The lowest BCUT2D eigenvalue weighted by Crippen LogP contribution is -2.04. The molecule has 0 saturated heterocycles. The van der Waals surface area contributed by atoms with Crippen molar-refractivity contribution >= 4 is 23.7 Å². The van der Waals surface area contributed by atoms with Crippen molar-refractivity contribution in [3.63, 3.8) is 0 Å². The van der Waals surface area contributed by atoms with E-state index in [9.17, 15) is 9.59 Å². The van der Waals surface area contributed by atoms with Crippen LogP contribution in [0.5, 0.6) is 0 Å². The van der Waals surface area contributed by atoms with Gasteiger partial charge in [-0.25, -0.2) is 19.6 Å². The Morgan fingerprint density at radius 3 is 1.45 bits per heavy atom. The summed E-state index contributed by atoms with van der Waals surface area (Å²) in [4.78, 5) is 29.6. The zero-order valence-corrected chi connectivity index (χ0v) is 11.6. The van der Waals surface area contributed by atoms with Crippen LogP contribution < -0.4 is 0 Å². The maximum absolute atomic E-state index is 10.8. The van der Waals surface area contributed by atoms with Crippen LogP contribution in [0.15, 0.2) is 9.98 Å². The van der Waals surface area contributed by atoms with Crippen LogP contribution in [0, 0.1) is 0 Å². The van der Waals surface area contributed by atoms with E-state index < -0.39 is 0 Å². The number of esters is 2. The van der Waals surface area contributed by atoms with Gasteiger partial charge < -0.3 is 9.47 Å². The summed E-state index contributed by atoms with van der Waals surface area (Å²) in [7, 11) is 0. The van der Waals surface area contributed by atoms with Gasteiger partial charge in [-0.2, -0.15) is 0 Å². The van der Waals surface area contributed by atoms with Crippen LogP contribution in [0.1, 0.15) is 51.4 Å². The highest BCUT2D eigenvalue weighted by Gasteiger charge is 2.15.